The maximum absolute atomic E-state index is 5.62. The zero-order chi connectivity index (χ0) is 14.5. The SMILES string of the molecule is CCCNC(c1cc(C)cc(C)c1)c1ccoc1CC. The van der Waals surface area contributed by atoms with Gasteiger partial charge in [-0.25, -0.2) is 0 Å². The Kier molecular flexibility index (Phi) is 5.02. The summed E-state index contributed by atoms with van der Waals surface area (Å²) in [5.41, 5.74) is 5.22. The standard InChI is InChI=1S/C18H25NO/c1-5-8-19-18(16-7-9-20-17(16)6-2)15-11-13(3)10-14(4)12-15/h7,9-12,18-19H,5-6,8H2,1-4H3. The molecule has 0 radical (unpaired) electrons. The second kappa shape index (κ2) is 6.76. The molecule has 1 atom stereocenters. The number of aryl methyl sites for hydroxylation is 3. The summed E-state index contributed by atoms with van der Waals surface area (Å²) < 4.78 is 5.62. The molecule has 1 heterocycles. The monoisotopic (exact) mass is 271 g/mol. The minimum atomic E-state index is 0.224. The molecule has 1 aromatic carbocycles. The van der Waals surface area contributed by atoms with Crippen molar-refractivity contribution in [3.8, 4) is 0 Å². The van der Waals surface area contributed by atoms with Crippen LogP contribution >= 0.6 is 0 Å². The number of hydrogen-bond donors (Lipinski definition) is 1. The van der Waals surface area contributed by atoms with Crippen LogP contribution in [0.2, 0.25) is 0 Å². The average Bonchev–Trinajstić information content (AvgIpc) is 2.86. The maximum Gasteiger partial charge on any atom is 0.108 e. The van der Waals surface area contributed by atoms with Crippen molar-refractivity contribution in [2.75, 3.05) is 6.54 Å². The summed E-state index contributed by atoms with van der Waals surface area (Å²) in [5, 5.41) is 3.66. The molecule has 0 amide bonds. The highest BCUT2D eigenvalue weighted by atomic mass is 16.3. The molecule has 2 rings (SSSR count). The van der Waals surface area contributed by atoms with Crippen molar-refractivity contribution in [3.05, 3.63) is 58.5 Å². The van der Waals surface area contributed by atoms with Gasteiger partial charge in [0.1, 0.15) is 5.76 Å². The molecule has 0 saturated heterocycles. The highest BCUT2D eigenvalue weighted by Crippen LogP contribution is 2.28. The third-order valence-corrected chi connectivity index (χ3v) is 3.59. The molecule has 108 valence electrons. The Labute approximate surface area is 122 Å². The van der Waals surface area contributed by atoms with Crippen molar-refractivity contribution in [1.29, 1.82) is 0 Å². The van der Waals surface area contributed by atoms with Gasteiger partial charge in [0, 0.05) is 12.0 Å². The third kappa shape index (κ3) is 3.31. The summed E-state index contributed by atoms with van der Waals surface area (Å²) in [5.74, 6) is 1.08. The van der Waals surface area contributed by atoms with Gasteiger partial charge in [-0.05, 0) is 38.4 Å². The zero-order valence-corrected chi connectivity index (χ0v) is 13.0. The molecule has 20 heavy (non-hydrogen) atoms. The van der Waals surface area contributed by atoms with Gasteiger partial charge in [0.15, 0.2) is 0 Å². The zero-order valence-electron chi connectivity index (χ0n) is 13.0. The van der Waals surface area contributed by atoms with Crippen LogP contribution in [0.3, 0.4) is 0 Å². The molecule has 1 unspecified atom stereocenters. The highest BCUT2D eigenvalue weighted by Gasteiger charge is 2.18. The van der Waals surface area contributed by atoms with Gasteiger partial charge in [0.2, 0.25) is 0 Å². The Balaban J connectivity index is 2.41. The fourth-order valence-electron chi connectivity index (χ4n) is 2.77. The molecule has 0 aliphatic heterocycles. The second-order valence-electron chi connectivity index (χ2n) is 5.46. The topological polar surface area (TPSA) is 25.2 Å². The van der Waals surface area contributed by atoms with Crippen LogP contribution in [-0.4, -0.2) is 6.54 Å². The summed E-state index contributed by atoms with van der Waals surface area (Å²) in [6.07, 6.45) is 3.86. The van der Waals surface area contributed by atoms with Gasteiger partial charge < -0.3 is 9.73 Å². The van der Waals surface area contributed by atoms with E-state index in [0.29, 0.717) is 0 Å². The molecule has 2 aromatic rings. The van der Waals surface area contributed by atoms with Gasteiger partial charge in [-0.15, -0.1) is 0 Å². The smallest absolute Gasteiger partial charge is 0.108 e. The summed E-state index contributed by atoms with van der Waals surface area (Å²) in [4.78, 5) is 0. The van der Waals surface area contributed by atoms with Crippen molar-refractivity contribution >= 4 is 0 Å². The molecule has 1 N–H and O–H groups in total. The van der Waals surface area contributed by atoms with Crippen molar-refractivity contribution < 1.29 is 4.42 Å². The van der Waals surface area contributed by atoms with E-state index in [2.05, 4.69) is 57.3 Å². The number of furan rings is 1. The summed E-state index contributed by atoms with van der Waals surface area (Å²) >= 11 is 0. The molecule has 1 aromatic heterocycles. The van der Waals surface area contributed by atoms with Crippen LogP contribution < -0.4 is 5.32 Å². The van der Waals surface area contributed by atoms with E-state index >= 15 is 0 Å². The van der Waals surface area contributed by atoms with E-state index in [0.717, 1.165) is 25.1 Å². The average molecular weight is 271 g/mol. The number of rotatable bonds is 6. The van der Waals surface area contributed by atoms with E-state index in [4.69, 9.17) is 4.42 Å². The van der Waals surface area contributed by atoms with Gasteiger partial charge in [0.25, 0.3) is 0 Å². The lowest BCUT2D eigenvalue weighted by Crippen LogP contribution is -2.23. The molecule has 0 aliphatic rings. The lowest BCUT2D eigenvalue weighted by Gasteiger charge is -2.20. The van der Waals surface area contributed by atoms with E-state index in [1.807, 2.05) is 0 Å². The first-order valence-electron chi connectivity index (χ1n) is 7.53. The molecule has 0 bridgehead atoms. The van der Waals surface area contributed by atoms with E-state index in [1.54, 1.807) is 6.26 Å². The van der Waals surface area contributed by atoms with Crippen LogP contribution in [0.15, 0.2) is 34.9 Å². The van der Waals surface area contributed by atoms with Gasteiger partial charge in [-0.1, -0.05) is 43.2 Å². The Morgan fingerprint density at radius 1 is 1.10 bits per heavy atom. The first-order chi connectivity index (χ1) is 9.65. The van der Waals surface area contributed by atoms with Crippen molar-refractivity contribution in [3.63, 3.8) is 0 Å². The predicted octanol–water partition coefficient (Wildman–Crippen LogP) is 4.55. The summed E-state index contributed by atoms with van der Waals surface area (Å²) in [6, 6.07) is 9.09. The Bertz CT molecular complexity index is 536. The highest BCUT2D eigenvalue weighted by molar-refractivity contribution is 5.38. The summed E-state index contributed by atoms with van der Waals surface area (Å²) in [7, 11) is 0. The first-order valence-corrected chi connectivity index (χ1v) is 7.53. The van der Waals surface area contributed by atoms with Crippen LogP contribution in [-0.2, 0) is 6.42 Å². The van der Waals surface area contributed by atoms with Crippen LogP contribution in [0.1, 0.15) is 54.3 Å². The minimum absolute atomic E-state index is 0.224. The number of hydrogen-bond acceptors (Lipinski definition) is 2. The first kappa shape index (κ1) is 14.9. The molecule has 0 fully saturated rings. The number of nitrogens with one attached hydrogen (secondary N) is 1. The van der Waals surface area contributed by atoms with Crippen molar-refractivity contribution in [2.45, 2.75) is 46.6 Å². The Morgan fingerprint density at radius 2 is 1.80 bits per heavy atom. The largest absolute Gasteiger partial charge is 0.469 e. The van der Waals surface area contributed by atoms with Crippen LogP contribution in [0.25, 0.3) is 0 Å². The molecule has 0 aliphatic carbocycles. The van der Waals surface area contributed by atoms with E-state index < -0.39 is 0 Å². The minimum Gasteiger partial charge on any atom is -0.469 e. The maximum atomic E-state index is 5.62. The molecular weight excluding hydrogens is 246 g/mol. The molecule has 2 heteroatoms. The van der Waals surface area contributed by atoms with Crippen LogP contribution in [0.4, 0.5) is 0 Å². The summed E-state index contributed by atoms with van der Waals surface area (Å²) in [6.45, 7) is 9.65. The second-order valence-corrected chi connectivity index (χ2v) is 5.46. The van der Waals surface area contributed by atoms with Gasteiger partial charge in [0.05, 0.1) is 12.3 Å². The Hall–Kier alpha value is -1.54. The van der Waals surface area contributed by atoms with E-state index in [1.165, 1.54) is 22.3 Å². The van der Waals surface area contributed by atoms with Crippen molar-refractivity contribution in [2.24, 2.45) is 0 Å². The predicted molar refractivity (Wildman–Crippen MR) is 84.1 cm³/mol. The molecular formula is C18H25NO. The van der Waals surface area contributed by atoms with E-state index in [-0.39, 0.29) is 6.04 Å². The van der Waals surface area contributed by atoms with Gasteiger partial charge in [-0.3, -0.25) is 0 Å². The fraction of sp³-hybridized carbons (Fsp3) is 0.444. The fourth-order valence-corrected chi connectivity index (χ4v) is 2.77. The quantitative estimate of drug-likeness (QED) is 0.834. The molecule has 0 saturated carbocycles. The molecule has 2 nitrogen and oxygen atoms in total. The van der Waals surface area contributed by atoms with E-state index in [9.17, 15) is 0 Å². The number of benzene rings is 1. The molecule has 0 spiro atoms. The lowest BCUT2D eigenvalue weighted by atomic mass is 9.95. The lowest BCUT2D eigenvalue weighted by molar-refractivity contribution is 0.500. The van der Waals surface area contributed by atoms with Crippen molar-refractivity contribution in [1.82, 2.24) is 5.32 Å². The third-order valence-electron chi connectivity index (χ3n) is 3.59. The Morgan fingerprint density at radius 3 is 2.40 bits per heavy atom. The van der Waals surface area contributed by atoms with Gasteiger partial charge >= 0.3 is 0 Å². The van der Waals surface area contributed by atoms with Crippen LogP contribution in [0, 0.1) is 13.8 Å². The van der Waals surface area contributed by atoms with Crippen LogP contribution in [0.5, 0.6) is 0 Å². The normalized spacial score (nSPS) is 12.6. The van der Waals surface area contributed by atoms with Gasteiger partial charge in [-0.2, -0.15) is 0 Å².